The second kappa shape index (κ2) is 6.66. The fraction of sp³-hybridized carbons (Fsp3) is 0.800. The lowest BCUT2D eigenvalue weighted by Gasteiger charge is -2.30. The van der Waals surface area contributed by atoms with Crippen LogP contribution in [0.4, 0.5) is 0 Å². The third-order valence-corrected chi connectivity index (χ3v) is 3.53. The van der Waals surface area contributed by atoms with Crippen LogP contribution in [0.5, 0.6) is 0 Å². The van der Waals surface area contributed by atoms with Gasteiger partial charge >= 0.3 is 17.9 Å². The van der Waals surface area contributed by atoms with E-state index in [1.807, 2.05) is 0 Å². The largest absolute Gasteiger partial charge is 0.463 e. The second-order valence-corrected chi connectivity index (χ2v) is 6.17. The molecular weight excluding hydrogens is 324 g/mol. The van der Waals surface area contributed by atoms with Crippen molar-refractivity contribution < 1.29 is 42.8 Å². The van der Waals surface area contributed by atoms with Gasteiger partial charge < -0.3 is 28.4 Å². The molecule has 0 aliphatic carbocycles. The van der Waals surface area contributed by atoms with Gasteiger partial charge in [-0.25, -0.2) is 0 Å². The standard InChI is InChI=1S/C15H22O9/c1-8(16)19-6-11-12(21-9(2)17)13(22-10(3)18)15(23-11)7-20-14(4,5)24-15/h11-13H,6-7H2,1-5H3. The molecule has 0 amide bonds. The van der Waals surface area contributed by atoms with Crippen LogP contribution in [0.25, 0.3) is 0 Å². The summed E-state index contributed by atoms with van der Waals surface area (Å²) in [4.78, 5) is 34.0. The van der Waals surface area contributed by atoms with Gasteiger partial charge in [-0.2, -0.15) is 0 Å². The predicted octanol–water partition coefficient (Wildman–Crippen LogP) is 0.291. The Labute approximate surface area is 139 Å². The van der Waals surface area contributed by atoms with Crippen LogP contribution in [-0.4, -0.2) is 61.0 Å². The van der Waals surface area contributed by atoms with Gasteiger partial charge in [-0.1, -0.05) is 0 Å². The van der Waals surface area contributed by atoms with E-state index < -0.39 is 47.8 Å². The van der Waals surface area contributed by atoms with Crippen molar-refractivity contribution in [2.45, 2.75) is 64.5 Å². The monoisotopic (exact) mass is 346 g/mol. The van der Waals surface area contributed by atoms with E-state index >= 15 is 0 Å². The number of rotatable bonds is 4. The van der Waals surface area contributed by atoms with Gasteiger partial charge in [-0.3, -0.25) is 14.4 Å². The molecule has 0 aromatic heterocycles. The third-order valence-electron chi connectivity index (χ3n) is 3.53. The summed E-state index contributed by atoms with van der Waals surface area (Å²) < 4.78 is 32.7. The fourth-order valence-corrected chi connectivity index (χ4v) is 2.78. The molecular formula is C15H22O9. The highest BCUT2D eigenvalue weighted by Gasteiger charge is 2.65. The van der Waals surface area contributed by atoms with Crippen LogP contribution < -0.4 is 0 Å². The molecule has 2 heterocycles. The van der Waals surface area contributed by atoms with Gasteiger partial charge in [0.05, 0.1) is 0 Å². The van der Waals surface area contributed by atoms with E-state index in [1.165, 1.54) is 20.8 Å². The Morgan fingerprint density at radius 3 is 2.12 bits per heavy atom. The number of esters is 3. The predicted molar refractivity (Wildman–Crippen MR) is 76.5 cm³/mol. The highest BCUT2D eigenvalue weighted by molar-refractivity contribution is 5.68. The van der Waals surface area contributed by atoms with Gasteiger partial charge in [0.25, 0.3) is 0 Å². The Morgan fingerprint density at radius 1 is 1.04 bits per heavy atom. The average molecular weight is 346 g/mol. The topological polar surface area (TPSA) is 107 Å². The fourth-order valence-electron chi connectivity index (χ4n) is 2.78. The van der Waals surface area contributed by atoms with E-state index in [4.69, 9.17) is 28.4 Å². The van der Waals surface area contributed by atoms with Crippen LogP contribution in [0.3, 0.4) is 0 Å². The molecule has 0 saturated carbocycles. The molecule has 9 heteroatoms. The van der Waals surface area contributed by atoms with Gasteiger partial charge in [-0.05, 0) is 13.8 Å². The summed E-state index contributed by atoms with van der Waals surface area (Å²) in [6.45, 7) is 6.82. The van der Waals surface area contributed by atoms with Gasteiger partial charge in [0.1, 0.15) is 19.3 Å². The van der Waals surface area contributed by atoms with Crippen molar-refractivity contribution >= 4 is 17.9 Å². The third kappa shape index (κ3) is 4.03. The quantitative estimate of drug-likeness (QED) is 0.524. The maximum atomic E-state index is 11.5. The first-order valence-electron chi connectivity index (χ1n) is 7.54. The van der Waals surface area contributed by atoms with Crippen LogP contribution in [0, 0.1) is 0 Å². The van der Waals surface area contributed by atoms with E-state index in [1.54, 1.807) is 13.8 Å². The number of hydrogen-bond donors (Lipinski definition) is 0. The molecule has 0 N–H and O–H groups in total. The Hall–Kier alpha value is -1.71. The lowest BCUT2D eigenvalue weighted by atomic mass is 10.1. The summed E-state index contributed by atoms with van der Waals surface area (Å²) in [5.41, 5.74) is 0. The molecule has 2 rings (SSSR count). The zero-order valence-corrected chi connectivity index (χ0v) is 14.3. The first kappa shape index (κ1) is 18.6. The highest BCUT2D eigenvalue weighted by atomic mass is 16.9. The SMILES string of the molecule is CC(=O)OCC1OC2(COC(C)(C)O2)C(OC(C)=O)C1OC(C)=O. The first-order valence-corrected chi connectivity index (χ1v) is 7.54. The second-order valence-electron chi connectivity index (χ2n) is 6.17. The van der Waals surface area contributed by atoms with Crippen molar-refractivity contribution in [2.24, 2.45) is 0 Å². The Balaban J connectivity index is 2.30. The summed E-state index contributed by atoms with van der Waals surface area (Å²) in [6, 6.07) is 0. The minimum atomic E-state index is -1.44. The van der Waals surface area contributed by atoms with Crippen molar-refractivity contribution in [1.29, 1.82) is 0 Å². The van der Waals surface area contributed by atoms with Crippen LogP contribution in [-0.2, 0) is 42.8 Å². The van der Waals surface area contributed by atoms with E-state index in [0.29, 0.717) is 0 Å². The van der Waals surface area contributed by atoms with Crippen LogP contribution in [0.15, 0.2) is 0 Å². The Kier molecular flexibility index (Phi) is 5.17. The molecule has 136 valence electrons. The highest BCUT2D eigenvalue weighted by Crippen LogP contribution is 2.44. The lowest BCUT2D eigenvalue weighted by Crippen LogP contribution is -2.49. The van der Waals surface area contributed by atoms with Crippen molar-refractivity contribution in [2.75, 3.05) is 13.2 Å². The van der Waals surface area contributed by atoms with Gasteiger partial charge in [0.15, 0.2) is 18.0 Å². The molecule has 24 heavy (non-hydrogen) atoms. The molecule has 0 aromatic rings. The molecule has 2 fully saturated rings. The van der Waals surface area contributed by atoms with E-state index in [0.717, 1.165) is 0 Å². The lowest BCUT2D eigenvalue weighted by molar-refractivity contribution is -0.273. The van der Waals surface area contributed by atoms with E-state index in [9.17, 15) is 14.4 Å². The van der Waals surface area contributed by atoms with Gasteiger partial charge in [-0.15, -0.1) is 0 Å². The molecule has 4 unspecified atom stereocenters. The first-order chi connectivity index (χ1) is 11.0. The molecule has 4 atom stereocenters. The number of hydrogen-bond acceptors (Lipinski definition) is 9. The molecule has 9 nitrogen and oxygen atoms in total. The molecule has 2 aliphatic heterocycles. The minimum absolute atomic E-state index is 0.0354. The summed E-state index contributed by atoms with van der Waals surface area (Å²) >= 11 is 0. The van der Waals surface area contributed by atoms with Crippen molar-refractivity contribution in [3.8, 4) is 0 Å². The molecule has 0 radical (unpaired) electrons. The normalized spacial score (nSPS) is 34.1. The van der Waals surface area contributed by atoms with Crippen molar-refractivity contribution in [1.82, 2.24) is 0 Å². The van der Waals surface area contributed by atoms with Crippen LogP contribution in [0.2, 0.25) is 0 Å². The zero-order valence-electron chi connectivity index (χ0n) is 14.3. The maximum absolute atomic E-state index is 11.5. The molecule has 0 bridgehead atoms. The van der Waals surface area contributed by atoms with Gasteiger partial charge in [0, 0.05) is 20.8 Å². The Morgan fingerprint density at radius 2 is 1.67 bits per heavy atom. The molecule has 2 saturated heterocycles. The summed E-state index contributed by atoms with van der Waals surface area (Å²) in [5, 5.41) is 0. The average Bonchev–Trinajstić information content (AvgIpc) is 2.87. The Bertz CT molecular complexity index is 529. The summed E-state index contributed by atoms with van der Waals surface area (Å²) in [7, 11) is 0. The van der Waals surface area contributed by atoms with Crippen LogP contribution in [0.1, 0.15) is 34.6 Å². The van der Waals surface area contributed by atoms with Crippen molar-refractivity contribution in [3.63, 3.8) is 0 Å². The summed E-state index contributed by atoms with van der Waals surface area (Å²) in [5.74, 6) is -4.13. The smallest absolute Gasteiger partial charge is 0.303 e. The van der Waals surface area contributed by atoms with E-state index in [-0.39, 0.29) is 13.2 Å². The number of carbonyl (C=O) groups excluding carboxylic acids is 3. The maximum Gasteiger partial charge on any atom is 0.303 e. The van der Waals surface area contributed by atoms with Gasteiger partial charge in [0.2, 0.25) is 5.79 Å². The molecule has 1 spiro atoms. The minimum Gasteiger partial charge on any atom is -0.463 e. The molecule has 2 aliphatic rings. The zero-order chi connectivity index (χ0) is 18.1. The van der Waals surface area contributed by atoms with Crippen molar-refractivity contribution in [3.05, 3.63) is 0 Å². The van der Waals surface area contributed by atoms with E-state index in [2.05, 4.69) is 0 Å². The summed E-state index contributed by atoms with van der Waals surface area (Å²) in [6.07, 6.45) is -2.91. The molecule has 0 aromatic carbocycles. The van der Waals surface area contributed by atoms with Crippen LogP contribution >= 0.6 is 0 Å². The number of ether oxygens (including phenoxy) is 6. The number of carbonyl (C=O) groups is 3.